The Labute approximate surface area is 67.7 Å². The average Bonchev–Trinajstić information content (AvgIpc) is 1.85. The molecule has 0 aliphatic heterocycles. The fourth-order valence-corrected chi connectivity index (χ4v) is 2.59. The molecule has 0 heterocycles. The number of carbonyl (C=O) groups is 1. The van der Waals surface area contributed by atoms with Gasteiger partial charge in [-0.25, -0.2) is 10.5 Å². The van der Waals surface area contributed by atoms with E-state index in [-0.39, 0.29) is 6.29 Å². The molecule has 0 rings (SSSR count). The summed E-state index contributed by atoms with van der Waals surface area (Å²) in [5.41, 5.74) is 0. The van der Waals surface area contributed by atoms with Crippen LogP contribution in [0.15, 0.2) is 0 Å². The Hall–Kier alpha value is 0.0900. The lowest BCUT2D eigenvalue weighted by molar-refractivity contribution is -0.107. The molecule has 12 heavy (non-hydrogen) atoms. The quantitative estimate of drug-likeness (QED) is 0.214. The number of rotatable bonds is 4. The van der Waals surface area contributed by atoms with Gasteiger partial charge in [-0.1, -0.05) is 0 Å². The van der Waals surface area contributed by atoms with Gasteiger partial charge < -0.3 is 4.89 Å². The SMILES string of the molecule is NOP(=O)(O)C(C=O)[P+](O)(O)O. The maximum absolute atomic E-state index is 10.7. The third kappa shape index (κ3) is 2.85. The molecule has 0 bridgehead atoms. The van der Waals surface area contributed by atoms with Crippen LogP contribution in [-0.4, -0.2) is 31.3 Å². The van der Waals surface area contributed by atoms with Crippen LogP contribution in [0.25, 0.3) is 0 Å². The van der Waals surface area contributed by atoms with Crippen LogP contribution in [0.2, 0.25) is 0 Å². The lowest BCUT2D eigenvalue weighted by Crippen LogP contribution is -2.18. The highest BCUT2D eigenvalue weighted by Crippen LogP contribution is 2.65. The van der Waals surface area contributed by atoms with Gasteiger partial charge in [0, 0.05) is 0 Å². The normalized spacial score (nSPS) is 19.8. The van der Waals surface area contributed by atoms with Crippen LogP contribution in [0, 0.1) is 0 Å². The third-order valence-electron chi connectivity index (χ3n) is 0.962. The van der Waals surface area contributed by atoms with Gasteiger partial charge in [0.15, 0.2) is 6.29 Å². The van der Waals surface area contributed by atoms with Crippen molar-refractivity contribution in [3.63, 3.8) is 0 Å². The summed E-state index contributed by atoms with van der Waals surface area (Å²) in [6.45, 7) is 0. The first-order valence-electron chi connectivity index (χ1n) is 2.49. The van der Waals surface area contributed by atoms with Crippen LogP contribution >= 0.6 is 15.5 Å². The molecular weight excluding hydrogens is 212 g/mol. The van der Waals surface area contributed by atoms with Crippen LogP contribution in [0.5, 0.6) is 0 Å². The molecule has 0 aliphatic carbocycles. The van der Waals surface area contributed by atoms with Gasteiger partial charge in [-0.15, -0.1) is 0 Å². The first-order valence-corrected chi connectivity index (χ1v) is 5.85. The van der Waals surface area contributed by atoms with Gasteiger partial charge in [0.05, 0.1) is 0 Å². The van der Waals surface area contributed by atoms with E-state index in [1.54, 1.807) is 0 Å². The lowest BCUT2D eigenvalue weighted by Gasteiger charge is -2.14. The van der Waals surface area contributed by atoms with Crippen molar-refractivity contribution in [1.82, 2.24) is 0 Å². The van der Waals surface area contributed by atoms with Gasteiger partial charge in [0.25, 0.3) is 0 Å². The van der Waals surface area contributed by atoms with Gasteiger partial charge >= 0.3 is 20.9 Å². The molecule has 0 saturated heterocycles. The lowest BCUT2D eigenvalue weighted by atomic mass is 10.9. The van der Waals surface area contributed by atoms with E-state index in [1.165, 1.54) is 0 Å². The molecule has 0 aromatic rings. The smallest absolute Gasteiger partial charge is 0.320 e. The van der Waals surface area contributed by atoms with E-state index in [2.05, 4.69) is 10.5 Å². The van der Waals surface area contributed by atoms with Crippen LogP contribution in [0.4, 0.5) is 0 Å². The zero-order valence-corrected chi connectivity index (χ0v) is 7.43. The Kier molecular flexibility index (Phi) is 3.89. The second kappa shape index (κ2) is 3.87. The Morgan fingerprint density at radius 1 is 1.50 bits per heavy atom. The second-order valence-corrected chi connectivity index (χ2v) is 5.92. The van der Waals surface area contributed by atoms with Crippen molar-refractivity contribution >= 4 is 21.8 Å². The maximum Gasteiger partial charge on any atom is 0.427 e. The predicted molar refractivity (Wildman–Crippen MR) is 38.5 cm³/mol. The molecule has 10 heteroatoms. The number of aldehydes is 1. The summed E-state index contributed by atoms with van der Waals surface area (Å²) in [4.78, 5) is 44.1. The monoisotopic (exact) mass is 220 g/mol. The van der Waals surface area contributed by atoms with Crippen LogP contribution in [-0.2, 0) is 14.0 Å². The summed E-state index contributed by atoms with van der Waals surface area (Å²) in [5, 5.41) is -2.31. The Morgan fingerprint density at radius 3 is 2.00 bits per heavy atom. The zero-order valence-electron chi connectivity index (χ0n) is 5.64. The predicted octanol–water partition coefficient (Wildman–Crippen LogP) is -1.67. The minimum atomic E-state index is -4.75. The molecule has 8 nitrogen and oxygen atoms in total. The maximum atomic E-state index is 10.7. The molecule has 2 atom stereocenters. The van der Waals surface area contributed by atoms with Gasteiger partial charge in [-0.2, -0.15) is 14.7 Å². The van der Waals surface area contributed by atoms with Crippen molar-refractivity contribution < 1.29 is 33.6 Å². The largest absolute Gasteiger partial charge is 0.427 e. The van der Waals surface area contributed by atoms with Crippen LogP contribution in [0.1, 0.15) is 0 Å². The first-order chi connectivity index (χ1) is 5.25. The molecule has 6 N–H and O–H groups in total. The summed E-state index contributed by atoms with van der Waals surface area (Å²) >= 11 is 0. The molecule has 2 unspecified atom stereocenters. The molecule has 0 amide bonds. The van der Waals surface area contributed by atoms with Crippen molar-refractivity contribution in [3.8, 4) is 0 Å². The zero-order chi connectivity index (χ0) is 9.99. The van der Waals surface area contributed by atoms with Crippen molar-refractivity contribution in [2.75, 3.05) is 0 Å². The van der Waals surface area contributed by atoms with E-state index in [0.717, 1.165) is 0 Å². The highest BCUT2D eigenvalue weighted by atomic mass is 31.3. The van der Waals surface area contributed by atoms with Gasteiger partial charge in [0.2, 0.25) is 0 Å². The molecule has 0 saturated carbocycles. The van der Waals surface area contributed by atoms with Crippen LogP contribution < -0.4 is 5.90 Å². The summed E-state index contributed by atoms with van der Waals surface area (Å²) in [7, 11) is -9.45. The summed E-state index contributed by atoms with van der Waals surface area (Å²) in [6, 6.07) is 0. The van der Waals surface area contributed by atoms with Crippen molar-refractivity contribution in [3.05, 3.63) is 0 Å². The molecule has 0 radical (unpaired) electrons. The van der Waals surface area contributed by atoms with Crippen molar-refractivity contribution in [2.45, 2.75) is 5.40 Å². The third-order valence-corrected chi connectivity index (χ3v) is 4.69. The first kappa shape index (κ1) is 12.1. The van der Waals surface area contributed by atoms with Gasteiger partial charge in [-0.3, -0.25) is 9.36 Å². The molecule has 0 aliphatic rings. The van der Waals surface area contributed by atoms with Crippen LogP contribution in [0.3, 0.4) is 0 Å². The topological polar surface area (TPSA) is 150 Å². The fourth-order valence-electron chi connectivity index (χ4n) is 0.417. The average molecular weight is 220 g/mol. The van der Waals surface area contributed by atoms with Crippen molar-refractivity contribution in [2.24, 2.45) is 5.90 Å². The van der Waals surface area contributed by atoms with E-state index >= 15 is 0 Å². The Morgan fingerprint density at radius 2 is 1.92 bits per heavy atom. The summed E-state index contributed by atoms with van der Waals surface area (Å²) < 4.78 is 14.1. The molecule has 0 fully saturated rings. The standard InChI is InChI=1S/C2H7NO7P2/c3-10-12(8,9)2(1-4)11(5,6)7/h1-2,5-7H,3H2/p+1. The van der Waals surface area contributed by atoms with E-state index in [9.17, 15) is 9.36 Å². The van der Waals surface area contributed by atoms with Gasteiger partial charge in [-0.05, 0) is 0 Å². The molecule has 0 spiro atoms. The highest BCUT2D eigenvalue weighted by Gasteiger charge is 2.56. The highest BCUT2D eigenvalue weighted by molar-refractivity contribution is 7.76. The summed E-state index contributed by atoms with van der Waals surface area (Å²) in [5.74, 6) is 4.29. The second-order valence-electron chi connectivity index (χ2n) is 1.83. The van der Waals surface area contributed by atoms with E-state index in [4.69, 9.17) is 19.6 Å². The Bertz CT molecular complexity index is 210. The number of carbonyl (C=O) groups excluding carboxylic acids is 1. The number of nitrogens with two attached hydrogens (primary N) is 1. The molecular formula is C2H8NO7P2+. The van der Waals surface area contributed by atoms with E-state index in [1.807, 2.05) is 0 Å². The minimum absolute atomic E-state index is 0.304. The van der Waals surface area contributed by atoms with E-state index < -0.39 is 20.9 Å². The molecule has 0 aromatic carbocycles. The summed E-state index contributed by atoms with van der Waals surface area (Å²) in [6.07, 6.45) is -0.304. The fraction of sp³-hybridized carbons (Fsp3) is 0.500. The number of hydrogen-bond donors (Lipinski definition) is 5. The Balaban J connectivity index is 4.81. The van der Waals surface area contributed by atoms with E-state index in [0.29, 0.717) is 0 Å². The van der Waals surface area contributed by atoms with Gasteiger partial charge in [0.1, 0.15) is 0 Å². The molecule has 0 aromatic heterocycles. The van der Waals surface area contributed by atoms with Crippen molar-refractivity contribution in [1.29, 1.82) is 0 Å². The minimum Gasteiger partial charge on any atom is -0.320 e. The molecule has 72 valence electrons. The number of hydrogen-bond acceptors (Lipinski definition) is 7.